The zero-order valence-corrected chi connectivity index (χ0v) is 28.7. The number of benzene rings is 3. The third-order valence-corrected chi connectivity index (χ3v) is 9.46. The monoisotopic (exact) mass is 686 g/mol. The average molecular weight is 688 g/mol. The van der Waals surface area contributed by atoms with Crippen molar-refractivity contribution in [1.82, 2.24) is 24.9 Å². The summed E-state index contributed by atoms with van der Waals surface area (Å²) in [5.41, 5.74) is 4.82. The van der Waals surface area contributed by atoms with Gasteiger partial charge in [-0.3, -0.25) is 9.88 Å². The molecular weight excluding hydrogens is 650 g/mol. The van der Waals surface area contributed by atoms with E-state index in [4.69, 9.17) is 23.2 Å². The van der Waals surface area contributed by atoms with E-state index < -0.39 is 18.0 Å². The summed E-state index contributed by atoms with van der Waals surface area (Å²) in [5.74, 6) is -0.546. The maximum Gasteiger partial charge on any atom is 0.141 e. The van der Waals surface area contributed by atoms with Crippen LogP contribution in [0.2, 0.25) is 10.0 Å². The number of aromatic nitrogens is 4. The number of hydrogen-bond donors (Lipinski definition) is 3. The number of aliphatic hydroxyl groups is 1. The number of fused-ring (bicyclic) bond motifs is 1. The first-order chi connectivity index (χ1) is 22.9. The van der Waals surface area contributed by atoms with Crippen LogP contribution in [-0.4, -0.2) is 48.6 Å². The molecule has 3 aromatic carbocycles. The Balaban J connectivity index is 1.39. The van der Waals surface area contributed by atoms with Crippen LogP contribution >= 0.6 is 23.2 Å². The van der Waals surface area contributed by atoms with Gasteiger partial charge in [-0.25, -0.2) is 9.07 Å². The van der Waals surface area contributed by atoms with Crippen LogP contribution in [-0.2, 0) is 0 Å². The summed E-state index contributed by atoms with van der Waals surface area (Å²) in [6, 6.07) is 17.6. The molecule has 6 rings (SSSR count). The van der Waals surface area contributed by atoms with Gasteiger partial charge in [-0.2, -0.15) is 5.26 Å². The van der Waals surface area contributed by atoms with E-state index in [1.807, 2.05) is 41.2 Å². The molecule has 3 heterocycles. The van der Waals surface area contributed by atoms with E-state index in [1.165, 1.54) is 18.3 Å². The number of rotatable bonds is 8. The SMILES string of the molecule is CC(O)c1cccc([C@H](Nc2cc(Cl)c3ncc(C#N)c(Nc4ccc(F)c(Cl)c4)c3c2)c2cn(C3CCN(C(C)(C)C)CC3)nn2)c1. The Kier molecular flexibility index (Phi) is 9.59. The summed E-state index contributed by atoms with van der Waals surface area (Å²) in [6.07, 6.45) is 4.73. The minimum atomic E-state index is -0.659. The third kappa shape index (κ3) is 7.10. The van der Waals surface area contributed by atoms with Crippen molar-refractivity contribution in [1.29, 1.82) is 5.26 Å². The maximum atomic E-state index is 13.9. The predicted octanol–water partition coefficient (Wildman–Crippen LogP) is 8.58. The van der Waals surface area contributed by atoms with Crippen molar-refractivity contribution in [2.75, 3.05) is 23.7 Å². The highest BCUT2D eigenvalue weighted by atomic mass is 35.5. The van der Waals surface area contributed by atoms with Crippen molar-refractivity contribution in [2.24, 2.45) is 0 Å². The first kappa shape index (κ1) is 33.6. The molecule has 2 aromatic heterocycles. The highest BCUT2D eigenvalue weighted by molar-refractivity contribution is 6.36. The van der Waals surface area contributed by atoms with E-state index in [-0.39, 0.29) is 22.2 Å². The van der Waals surface area contributed by atoms with Gasteiger partial charge >= 0.3 is 0 Å². The molecule has 2 atom stereocenters. The number of nitriles is 1. The summed E-state index contributed by atoms with van der Waals surface area (Å²) >= 11 is 12.9. The van der Waals surface area contributed by atoms with Gasteiger partial charge in [0.05, 0.1) is 51.2 Å². The lowest BCUT2D eigenvalue weighted by atomic mass is 9.97. The molecule has 1 aliphatic heterocycles. The quantitative estimate of drug-likeness (QED) is 0.149. The fourth-order valence-corrected chi connectivity index (χ4v) is 6.62. The van der Waals surface area contributed by atoms with E-state index in [1.54, 1.807) is 19.1 Å². The minimum absolute atomic E-state index is 0.0488. The molecule has 0 bridgehead atoms. The smallest absolute Gasteiger partial charge is 0.141 e. The van der Waals surface area contributed by atoms with Crippen LogP contribution < -0.4 is 10.6 Å². The van der Waals surface area contributed by atoms with E-state index in [2.05, 4.69) is 57.7 Å². The largest absolute Gasteiger partial charge is 0.389 e. The minimum Gasteiger partial charge on any atom is -0.389 e. The lowest BCUT2D eigenvalue weighted by Crippen LogP contribution is -2.46. The first-order valence-electron chi connectivity index (χ1n) is 15.9. The van der Waals surface area contributed by atoms with E-state index in [0.29, 0.717) is 38.7 Å². The molecule has 1 aliphatic rings. The number of hydrogen-bond acceptors (Lipinski definition) is 8. The van der Waals surface area contributed by atoms with Crippen LogP contribution in [0.15, 0.2) is 67.0 Å². The molecule has 12 heteroatoms. The Bertz CT molecular complexity index is 1990. The van der Waals surface area contributed by atoms with Gasteiger partial charge in [-0.1, -0.05) is 52.7 Å². The second kappa shape index (κ2) is 13.7. The average Bonchev–Trinajstić information content (AvgIpc) is 3.55. The van der Waals surface area contributed by atoms with Gasteiger partial charge in [-0.05, 0) is 82.0 Å². The summed E-state index contributed by atoms with van der Waals surface area (Å²) in [4.78, 5) is 6.96. The van der Waals surface area contributed by atoms with Crippen LogP contribution in [0.5, 0.6) is 0 Å². The lowest BCUT2D eigenvalue weighted by molar-refractivity contribution is 0.0866. The number of aliphatic hydroxyl groups excluding tert-OH is 1. The summed E-state index contributed by atoms with van der Waals surface area (Å²) in [5, 5.41) is 37.3. The fourth-order valence-electron chi connectivity index (χ4n) is 6.18. The molecule has 1 fully saturated rings. The predicted molar refractivity (Wildman–Crippen MR) is 188 cm³/mol. The fraction of sp³-hybridized carbons (Fsp3) is 0.333. The molecule has 0 radical (unpaired) electrons. The highest BCUT2D eigenvalue weighted by Crippen LogP contribution is 2.38. The lowest BCUT2D eigenvalue weighted by Gasteiger charge is -2.40. The van der Waals surface area contributed by atoms with Crippen molar-refractivity contribution >= 4 is 51.2 Å². The third-order valence-electron chi connectivity index (χ3n) is 8.88. The molecule has 0 spiro atoms. The highest BCUT2D eigenvalue weighted by Gasteiger charge is 2.29. The zero-order valence-electron chi connectivity index (χ0n) is 27.2. The topological polar surface area (TPSA) is 115 Å². The summed E-state index contributed by atoms with van der Waals surface area (Å²) in [7, 11) is 0. The van der Waals surface area contributed by atoms with Crippen LogP contribution in [0.4, 0.5) is 21.5 Å². The molecular formula is C36H37Cl2FN8O. The molecule has 48 heavy (non-hydrogen) atoms. The van der Waals surface area contributed by atoms with Crippen molar-refractivity contribution in [3.8, 4) is 6.07 Å². The van der Waals surface area contributed by atoms with Crippen molar-refractivity contribution in [3.63, 3.8) is 0 Å². The second-order valence-corrected chi connectivity index (χ2v) is 14.0. The number of nitrogens with zero attached hydrogens (tertiary/aromatic N) is 6. The van der Waals surface area contributed by atoms with Crippen LogP contribution in [0, 0.1) is 17.1 Å². The van der Waals surface area contributed by atoms with Crippen LogP contribution in [0.1, 0.15) is 81.1 Å². The van der Waals surface area contributed by atoms with Crippen LogP contribution in [0.25, 0.3) is 10.9 Å². The van der Waals surface area contributed by atoms with Crippen molar-refractivity contribution < 1.29 is 9.50 Å². The Labute approximate surface area is 289 Å². The standard InChI is InChI=1S/C36H37Cl2FN8O/c1-21(48)22-6-5-7-23(14-22)34(32-20-47(45-44-32)27-10-12-46(13-11-27)36(2,3)4)43-26-15-28-33(42-25-8-9-31(39)29(37)16-25)24(18-40)19-41-35(28)30(38)17-26/h5-9,14-17,19-21,27,34,43,48H,10-13H2,1-4H3,(H,41,42)/t21?,34-/m0/s1. The number of anilines is 3. The number of nitrogens with one attached hydrogen (secondary N) is 2. The molecule has 5 aromatic rings. The number of pyridine rings is 1. The van der Waals surface area contributed by atoms with Gasteiger partial charge in [0.2, 0.25) is 0 Å². The van der Waals surface area contributed by atoms with Gasteiger partial charge in [0.25, 0.3) is 0 Å². The molecule has 3 N–H and O–H groups in total. The number of halogens is 3. The van der Waals surface area contributed by atoms with Crippen molar-refractivity contribution in [3.05, 3.63) is 105 Å². The van der Waals surface area contributed by atoms with Gasteiger partial charge < -0.3 is 15.7 Å². The van der Waals surface area contributed by atoms with Crippen molar-refractivity contribution in [2.45, 2.75) is 64.3 Å². The molecule has 1 saturated heterocycles. The van der Waals surface area contributed by atoms with Gasteiger partial charge in [0.1, 0.15) is 17.6 Å². The normalized spacial score (nSPS) is 15.6. The van der Waals surface area contributed by atoms with Gasteiger partial charge in [-0.15, -0.1) is 5.10 Å². The molecule has 1 unspecified atom stereocenters. The van der Waals surface area contributed by atoms with Crippen LogP contribution in [0.3, 0.4) is 0 Å². The molecule has 248 valence electrons. The Morgan fingerprint density at radius 1 is 1.02 bits per heavy atom. The summed E-state index contributed by atoms with van der Waals surface area (Å²) < 4.78 is 15.9. The first-order valence-corrected chi connectivity index (χ1v) is 16.6. The molecule has 0 saturated carbocycles. The molecule has 0 amide bonds. The Morgan fingerprint density at radius 3 is 2.44 bits per heavy atom. The Hall–Kier alpha value is -4.27. The van der Waals surface area contributed by atoms with Gasteiger partial charge in [0.15, 0.2) is 0 Å². The molecule has 0 aliphatic carbocycles. The maximum absolute atomic E-state index is 13.9. The second-order valence-electron chi connectivity index (χ2n) is 13.2. The summed E-state index contributed by atoms with van der Waals surface area (Å²) in [6.45, 7) is 10.4. The number of piperidine rings is 1. The van der Waals surface area contributed by atoms with Gasteiger partial charge in [0, 0.05) is 41.6 Å². The van der Waals surface area contributed by atoms with E-state index in [0.717, 1.165) is 37.1 Å². The van der Waals surface area contributed by atoms with E-state index in [9.17, 15) is 14.8 Å². The van der Waals surface area contributed by atoms with E-state index >= 15 is 0 Å². The Morgan fingerprint density at radius 2 is 1.75 bits per heavy atom. The zero-order chi connectivity index (χ0) is 34.2. The number of likely N-dealkylation sites (tertiary alicyclic amines) is 1. The molecule has 9 nitrogen and oxygen atoms in total.